The Morgan fingerprint density at radius 3 is 2.83 bits per heavy atom. The summed E-state index contributed by atoms with van der Waals surface area (Å²) in [5.41, 5.74) is 1.14. The minimum absolute atomic E-state index is 0.0865. The van der Waals surface area contributed by atoms with Crippen molar-refractivity contribution >= 4 is 35.0 Å². The summed E-state index contributed by atoms with van der Waals surface area (Å²) in [6, 6.07) is 3.55. The number of hydrogen-bond donors (Lipinski definition) is 1. The molecule has 4 aliphatic heterocycles. The van der Waals surface area contributed by atoms with E-state index in [1.54, 1.807) is 13.2 Å². The van der Waals surface area contributed by atoms with Gasteiger partial charge in [-0.15, -0.1) is 0 Å². The van der Waals surface area contributed by atoms with Crippen molar-refractivity contribution in [2.45, 2.75) is 37.8 Å². The Morgan fingerprint density at radius 2 is 2.07 bits per heavy atom. The normalized spacial score (nSPS) is 32.9. The van der Waals surface area contributed by atoms with Gasteiger partial charge >= 0.3 is 0 Å². The van der Waals surface area contributed by atoms with Gasteiger partial charge in [0.1, 0.15) is 5.54 Å². The van der Waals surface area contributed by atoms with Crippen molar-refractivity contribution in [3.05, 3.63) is 28.3 Å². The Balaban J connectivity index is 1.65. The van der Waals surface area contributed by atoms with Crippen molar-refractivity contribution in [2.75, 3.05) is 32.1 Å². The van der Waals surface area contributed by atoms with Crippen LogP contribution in [0, 0.1) is 18.8 Å². The van der Waals surface area contributed by atoms with E-state index >= 15 is 0 Å². The highest BCUT2D eigenvalue weighted by Gasteiger charge is 2.74. The lowest BCUT2D eigenvalue weighted by Gasteiger charge is -2.36. The average Bonchev–Trinajstić information content (AvgIpc) is 3.40. The Bertz CT molecular complexity index is 935. The number of nitrogens with zero attached hydrogens (tertiary/aromatic N) is 2. The molecule has 0 aliphatic carbocycles. The fourth-order valence-corrected chi connectivity index (χ4v) is 6.20. The monoisotopic (exact) mass is 417 g/mol. The van der Waals surface area contributed by atoms with Gasteiger partial charge in [0, 0.05) is 36.9 Å². The van der Waals surface area contributed by atoms with E-state index in [1.165, 1.54) is 4.90 Å². The van der Waals surface area contributed by atoms with Crippen molar-refractivity contribution < 1.29 is 19.1 Å². The van der Waals surface area contributed by atoms with Gasteiger partial charge in [-0.25, -0.2) is 0 Å². The molecule has 5 rings (SSSR count). The summed E-state index contributed by atoms with van der Waals surface area (Å²) >= 11 is 6.30. The molecule has 1 N–H and O–H groups in total. The van der Waals surface area contributed by atoms with Gasteiger partial charge in [0.25, 0.3) is 0 Å². The van der Waals surface area contributed by atoms with Gasteiger partial charge in [-0.05, 0) is 44.4 Å². The third-order valence-electron chi connectivity index (χ3n) is 7.18. The number of imide groups is 1. The highest BCUT2D eigenvalue weighted by molar-refractivity contribution is 6.32. The fourth-order valence-electron chi connectivity index (χ4n) is 6.04. The molecule has 1 aromatic rings. The van der Waals surface area contributed by atoms with Crippen LogP contribution in [0.3, 0.4) is 0 Å². The van der Waals surface area contributed by atoms with Crippen LogP contribution in [0.4, 0.5) is 5.69 Å². The molecule has 3 fully saturated rings. The van der Waals surface area contributed by atoms with E-state index in [4.69, 9.17) is 16.3 Å². The molecule has 7 nitrogen and oxygen atoms in total. The number of carbonyl (C=O) groups excluding carboxylic acids is 3. The first-order valence-electron chi connectivity index (χ1n) is 10.2. The zero-order valence-electron chi connectivity index (χ0n) is 16.5. The third kappa shape index (κ3) is 2.24. The average molecular weight is 418 g/mol. The number of likely N-dealkylation sites (tertiary alicyclic amines) is 1. The summed E-state index contributed by atoms with van der Waals surface area (Å²) in [5.74, 6) is -1.75. The van der Waals surface area contributed by atoms with Crippen LogP contribution in [0.2, 0.25) is 5.02 Å². The van der Waals surface area contributed by atoms with Crippen molar-refractivity contribution in [1.29, 1.82) is 0 Å². The summed E-state index contributed by atoms with van der Waals surface area (Å²) in [5, 5.41) is 3.57. The molecule has 1 spiro atoms. The number of nitrogens with one attached hydrogen (secondary N) is 1. The number of amides is 3. The topological polar surface area (TPSA) is 79.0 Å². The van der Waals surface area contributed by atoms with Crippen molar-refractivity contribution in [3.63, 3.8) is 0 Å². The Kier molecular flexibility index (Phi) is 4.28. The molecule has 8 heteroatoms. The molecule has 154 valence electrons. The first-order chi connectivity index (χ1) is 13.9. The molecule has 3 amide bonds. The number of halogens is 1. The van der Waals surface area contributed by atoms with Gasteiger partial charge in [0.2, 0.25) is 17.7 Å². The summed E-state index contributed by atoms with van der Waals surface area (Å²) < 4.78 is 5.08. The molecule has 0 bridgehead atoms. The Labute approximate surface area is 174 Å². The lowest BCUT2D eigenvalue weighted by molar-refractivity contribution is -0.145. The van der Waals surface area contributed by atoms with Crippen LogP contribution in [0.15, 0.2) is 12.1 Å². The summed E-state index contributed by atoms with van der Waals surface area (Å²) in [4.78, 5) is 43.8. The largest absolute Gasteiger partial charge is 0.385 e. The van der Waals surface area contributed by atoms with Crippen molar-refractivity contribution in [2.24, 2.45) is 11.8 Å². The van der Waals surface area contributed by atoms with E-state index in [0.29, 0.717) is 36.8 Å². The number of carbonyl (C=O) groups is 3. The summed E-state index contributed by atoms with van der Waals surface area (Å²) in [6.45, 7) is 3.38. The van der Waals surface area contributed by atoms with Gasteiger partial charge in [-0.1, -0.05) is 17.7 Å². The minimum Gasteiger partial charge on any atom is -0.385 e. The molecule has 1 aromatic carbocycles. The second-order valence-electron chi connectivity index (χ2n) is 8.40. The third-order valence-corrected chi connectivity index (χ3v) is 7.59. The van der Waals surface area contributed by atoms with Crippen molar-refractivity contribution in [1.82, 2.24) is 9.80 Å². The van der Waals surface area contributed by atoms with E-state index in [2.05, 4.69) is 10.2 Å². The lowest BCUT2D eigenvalue weighted by Crippen LogP contribution is -2.54. The molecule has 0 saturated carbocycles. The van der Waals surface area contributed by atoms with Crippen LogP contribution in [0.5, 0.6) is 0 Å². The second-order valence-corrected chi connectivity index (χ2v) is 8.80. The highest BCUT2D eigenvalue weighted by atomic mass is 35.5. The standard InChI is InChI=1S/C21H24ClN3O4/c1-11-13(22)7-6-12-17(11)23-20(28)21(12)16-15(14-5-3-9-25(14)21)18(26)24(19(16)27)8-4-10-29-2/h6-7,14-16H,3-5,8-10H2,1-2H3,(H,23,28). The number of fused-ring (bicyclic) bond motifs is 7. The van der Waals surface area contributed by atoms with E-state index in [9.17, 15) is 14.4 Å². The lowest BCUT2D eigenvalue weighted by atomic mass is 9.75. The van der Waals surface area contributed by atoms with Gasteiger partial charge < -0.3 is 10.1 Å². The van der Waals surface area contributed by atoms with E-state index < -0.39 is 17.4 Å². The summed E-state index contributed by atoms with van der Waals surface area (Å²) in [6.07, 6.45) is 2.32. The van der Waals surface area contributed by atoms with Gasteiger partial charge in [0.05, 0.1) is 17.5 Å². The quantitative estimate of drug-likeness (QED) is 0.598. The molecule has 0 aromatic heterocycles. The van der Waals surface area contributed by atoms with E-state index in [-0.39, 0.29) is 23.8 Å². The van der Waals surface area contributed by atoms with Crippen LogP contribution < -0.4 is 5.32 Å². The first-order valence-corrected chi connectivity index (χ1v) is 10.5. The number of hydrogen-bond acceptors (Lipinski definition) is 5. The maximum Gasteiger partial charge on any atom is 0.250 e. The van der Waals surface area contributed by atoms with Gasteiger partial charge in [-0.3, -0.25) is 24.2 Å². The first kappa shape index (κ1) is 19.0. The smallest absolute Gasteiger partial charge is 0.250 e. The van der Waals surface area contributed by atoms with Crippen molar-refractivity contribution in [3.8, 4) is 0 Å². The molecule has 3 saturated heterocycles. The molecule has 4 unspecified atom stereocenters. The highest BCUT2D eigenvalue weighted by Crippen LogP contribution is 2.60. The predicted octanol–water partition coefficient (Wildman–Crippen LogP) is 1.91. The molecule has 4 atom stereocenters. The number of benzene rings is 1. The fraction of sp³-hybridized carbons (Fsp3) is 0.571. The van der Waals surface area contributed by atoms with E-state index in [0.717, 1.165) is 24.0 Å². The molecular formula is C21H24ClN3O4. The summed E-state index contributed by atoms with van der Waals surface area (Å²) in [7, 11) is 1.60. The van der Waals surface area contributed by atoms with Gasteiger partial charge in [-0.2, -0.15) is 0 Å². The molecule has 4 heterocycles. The van der Waals surface area contributed by atoms with Crippen LogP contribution >= 0.6 is 11.6 Å². The van der Waals surface area contributed by atoms with Crippen LogP contribution in [0.1, 0.15) is 30.4 Å². The molecular weight excluding hydrogens is 394 g/mol. The number of methoxy groups -OCH3 is 1. The van der Waals surface area contributed by atoms with Crippen LogP contribution in [-0.2, 0) is 24.7 Å². The SMILES string of the molecule is COCCCN1C(=O)C2C3CCCN3C3(C(=O)Nc4c3ccc(Cl)c4C)C2C1=O. The second kappa shape index (κ2) is 6.52. The zero-order chi connectivity index (χ0) is 20.5. The molecule has 4 aliphatic rings. The minimum atomic E-state index is -1.13. The number of ether oxygens (including phenoxy) is 1. The van der Waals surface area contributed by atoms with Crippen LogP contribution in [0.25, 0.3) is 0 Å². The van der Waals surface area contributed by atoms with Gasteiger partial charge in [0.15, 0.2) is 0 Å². The number of rotatable bonds is 4. The van der Waals surface area contributed by atoms with Crippen LogP contribution in [-0.4, -0.2) is 60.4 Å². The maximum atomic E-state index is 13.5. The van der Waals surface area contributed by atoms with E-state index in [1.807, 2.05) is 13.0 Å². The predicted molar refractivity (Wildman–Crippen MR) is 106 cm³/mol. The Morgan fingerprint density at radius 1 is 1.28 bits per heavy atom. The number of anilines is 1. The Hall–Kier alpha value is -1.96. The maximum absolute atomic E-state index is 13.5. The molecule has 29 heavy (non-hydrogen) atoms. The molecule has 0 radical (unpaired) electrons. The zero-order valence-corrected chi connectivity index (χ0v) is 17.3.